The number of thioether (sulfide) groups is 1. The van der Waals surface area contributed by atoms with Crippen molar-refractivity contribution in [1.29, 1.82) is 0 Å². The predicted molar refractivity (Wildman–Crippen MR) is 67.7 cm³/mol. The molecule has 0 spiro atoms. The number of sulfone groups is 1. The first-order valence-electron chi connectivity index (χ1n) is 5.01. The standard InChI is InChI=1S/C11H16O3S2/c1-14-7-8-15-9-10-16(12,13)11-5-3-2-4-6-11/h2-6H,7-10H2,1H3. The quantitative estimate of drug-likeness (QED) is 0.702. The summed E-state index contributed by atoms with van der Waals surface area (Å²) < 4.78 is 28.5. The Labute approximate surface area is 101 Å². The Hall–Kier alpha value is -0.520. The third-order valence-corrected chi connectivity index (χ3v) is 4.97. The van der Waals surface area contributed by atoms with Crippen molar-refractivity contribution in [2.45, 2.75) is 4.90 Å². The van der Waals surface area contributed by atoms with Crippen molar-refractivity contribution < 1.29 is 13.2 Å². The highest BCUT2D eigenvalue weighted by atomic mass is 32.2. The normalized spacial score (nSPS) is 11.6. The van der Waals surface area contributed by atoms with Crippen molar-refractivity contribution in [2.75, 3.05) is 31.0 Å². The highest BCUT2D eigenvalue weighted by molar-refractivity contribution is 8.00. The Morgan fingerprint density at radius 2 is 1.88 bits per heavy atom. The number of hydrogen-bond donors (Lipinski definition) is 0. The number of benzene rings is 1. The largest absolute Gasteiger partial charge is 0.384 e. The molecule has 0 unspecified atom stereocenters. The molecule has 90 valence electrons. The van der Waals surface area contributed by atoms with E-state index in [1.807, 2.05) is 6.07 Å². The summed E-state index contributed by atoms with van der Waals surface area (Å²) in [6, 6.07) is 8.56. The molecule has 0 aliphatic carbocycles. The molecule has 0 radical (unpaired) electrons. The van der Waals surface area contributed by atoms with E-state index in [1.54, 1.807) is 43.1 Å². The van der Waals surface area contributed by atoms with Crippen molar-refractivity contribution in [3.05, 3.63) is 30.3 Å². The second-order valence-corrected chi connectivity index (χ2v) is 6.57. The summed E-state index contributed by atoms with van der Waals surface area (Å²) in [5, 5.41) is 0. The van der Waals surface area contributed by atoms with E-state index in [4.69, 9.17) is 4.74 Å². The van der Waals surface area contributed by atoms with Crippen LogP contribution in [-0.2, 0) is 14.6 Å². The van der Waals surface area contributed by atoms with E-state index in [2.05, 4.69) is 0 Å². The van der Waals surface area contributed by atoms with Crippen LogP contribution in [0, 0.1) is 0 Å². The van der Waals surface area contributed by atoms with Gasteiger partial charge < -0.3 is 4.74 Å². The molecule has 0 heterocycles. The van der Waals surface area contributed by atoms with Gasteiger partial charge in [-0.2, -0.15) is 11.8 Å². The van der Waals surface area contributed by atoms with Gasteiger partial charge in [0.05, 0.1) is 17.3 Å². The molecule has 0 saturated carbocycles. The fraction of sp³-hybridized carbons (Fsp3) is 0.455. The fourth-order valence-corrected chi connectivity index (χ4v) is 3.80. The lowest BCUT2D eigenvalue weighted by atomic mass is 10.4. The molecular formula is C11H16O3S2. The van der Waals surface area contributed by atoms with E-state index in [0.717, 1.165) is 5.75 Å². The van der Waals surface area contributed by atoms with Crippen LogP contribution in [0.4, 0.5) is 0 Å². The highest BCUT2D eigenvalue weighted by Crippen LogP contribution is 2.12. The first-order chi connectivity index (χ1) is 7.67. The van der Waals surface area contributed by atoms with Gasteiger partial charge in [-0.25, -0.2) is 8.42 Å². The van der Waals surface area contributed by atoms with E-state index in [0.29, 0.717) is 17.3 Å². The average molecular weight is 260 g/mol. The van der Waals surface area contributed by atoms with E-state index >= 15 is 0 Å². The Bertz CT molecular complexity index is 387. The molecule has 0 fully saturated rings. The van der Waals surface area contributed by atoms with Crippen LogP contribution < -0.4 is 0 Å². The first-order valence-corrected chi connectivity index (χ1v) is 7.82. The van der Waals surface area contributed by atoms with Crippen LogP contribution in [0.2, 0.25) is 0 Å². The molecule has 0 aliphatic heterocycles. The van der Waals surface area contributed by atoms with Gasteiger partial charge in [-0.05, 0) is 12.1 Å². The summed E-state index contributed by atoms with van der Waals surface area (Å²) in [5.41, 5.74) is 0. The second kappa shape index (κ2) is 6.93. The van der Waals surface area contributed by atoms with Gasteiger partial charge in [0.2, 0.25) is 0 Å². The molecule has 1 rings (SSSR count). The van der Waals surface area contributed by atoms with Crippen LogP contribution in [0.3, 0.4) is 0 Å². The molecule has 16 heavy (non-hydrogen) atoms. The van der Waals surface area contributed by atoms with Crippen LogP contribution in [-0.4, -0.2) is 39.4 Å². The summed E-state index contributed by atoms with van der Waals surface area (Å²) in [6.45, 7) is 0.663. The maximum atomic E-state index is 11.8. The number of methoxy groups -OCH3 is 1. The molecule has 3 nitrogen and oxygen atoms in total. The van der Waals surface area contributed by atoms with Gasteiger partial charge in [0.15, 0.2) is 9.84 Å². The summed E-state index contributed by atoms with van der Waals surface area (Å²) in [4.78, 5) is 0.405. The van der Waals surface area contributed by atoms with Crippen LogP contribution >= 0.6 is 11.8 Å². The zero-order valence-corrected chi connectivity index (χ0v) is 10.9. The molecule has 1 aromatic rings. The van der Waals surface area contributed by atoms with Crippen LogP contribution in [0.1, 0.15) is 0 Å². The van der Waals surface area contributed by atoms with Gasteiger partial charge in [0.1, 0.15) is 0 Å². The molecule has 0 bridgehead atoms. The van der Waals surface area contributed by atoms with E-state index < -0.39 is 9.84 Å². The maximum absolute atomic E-state index is 11.8. The minimum Gasteiger partial charge on any atom is -0.384 e. The van der Waals surface area contributed by atoms with E-state index in [-0.39, 0.29) is 5.75 Å². The lowest BCUT2D eigenvalue weighted by Crippen LogP contribution is -2.09. The van der Waals surface area contributed by atoms with Gasteiger partial charge in [-0.15, -0.1) is 0 Å². The van der Waals surface area contributed by atoms with E-state index in [9.17, 15) is 8.42 Å². The molecule has 0 amide bonds. The number of hydrogen-bond acceptors (Lipinski definition) is 4. The molecule has 5 heteroatoms. The summed E-state index contributed by atoms with van der Waals surface area (Å²) in [5.74, 6) is 1.63. The zero-order chi connectivity index (χ0) is 11.9. The van der Waals surface area contributed by atoms with Crippen LogP contribution in [0.15, 0.2) is 35.2 Å². The van der Waals surface area contributed by atoms with Gasteiger partial charge >= 0.3 is 0 Å². The zero-order valence-electron chi connectivity index (χ0n) is 9.26. The lowest BCUT2D eigenvalue weighted by Gasteiger charge is -2.04. The van der Waals surface area contributed by atoms with Gasteiger partial charge in [-0.3, -0.25) is 0 Å². The summed E-state index contributed by atoms with van der Waals surface area (Å²) >= 11 is 1.60. The fourth-order valence-electron chi connectivity index (χ4n) is 1.16. The summed E-state index contributed by atoms with van der Waals surface area (Å²) in [6.07, 6.45) is 0. The van der Waals surface area contributed by atoms with Crippen LogP contribution in [0.5, 0.6) is 0 Å². The smallest absolute Gasteiger partial charge is 0.179 e. The van der Waals surface area contributed by atoms with Crippen molar-refractivity contribution in [3.8, 4) is 0 Å². The van der Waals surface area contributed by atoms with Crippen molar-refractivity contribution in [2.24, 2.45) is 0 Å². The topological polar surface area (TPSA) is 43.4 Å². The first kappa shape index (κ1) is 13.5. The van der Waals surface area contributed by atoms with E-state index in [1.165, 1.54) is 0 Å². The van der Waals surface area contributed by atoms with Crippen molar-refractivity contribution in [3.63, 3.8) is 0 Å². The van der Waals surface area contributed by atoms with Gasteiger partial charge in [-0.1, -0.05) is 18.2 Å². The molecular weight excluding hydrogens is 244 g/mol. The minimum absolute atomic E-state index is 0.186. The van der Waals surface area contributed by atoms with Crippen molar-refractivity contribution >= 4 is 21.6 Å². The molecule has 1 aromatic carbocycles. The van der Waals surface area contributed by atoms with Gasteiger partial charge in [0, 0.05) is 18.6 Å². The SMILES string of the molecule is COCCSCCS(=O)(=O)c1ccccc1. The highest BCUT2D eigenvalue weighted by Gasteiger charge is 2.12. The summed E-state index contributed by atoms with van der Waals surface area (Å²) in [7, 11) is -1.47. The van der Waals surface area contributed by atoms with Crippen molar-refractivity contribution in [1.82, 2.24) is 0 Å². The third kappa shape index (κ3) is 4.55. The monoisotopic (exact) mass is 260 g/mol. The molecule has 0 atom stereocenters. The molecule has 0 N–H and O–H groups in total. The Balaban J connectivity index is 2.41. The lowest BCUT2D eigenvalue weighted by molar-refractivity contribution is 0.218. The van der Waals surface area contributed by atoms with Gasteiger partial charge in [0.25, 0.3) is 0 Å². The predicted octanol–water partition coefficient (Wildman–Crippen LogP) is 1.84. The average Bonchev–Trinajstić information content (AvgIpc) is 2.30. The molecule has 0 aliphatic rings. The van der Waals surface area contributed by atoms with Crippen LogP contribution in [0.25, 0.3) is 0 Å². The maximum Gasteiger partial charge on any atom is 0.179 e. The Kier molecular flexibility index (Phi) is 5.87. The molecule has 0 saturated heterocycles. The minimum atomic E-state index is -3.11. The third-order valence-electron chi connectivity index (χ3n) is 2.03. The Morgan fingerprint density at radius 1 is 1.19 bits per heavy atom. The Morgan fingerprint density at radius 3 is 2.50 bits per heavy atom. The second-order valence-electron chi connectivity index (χ2n) is 3.24. The number of ether oxygens (including phenoxy) is 1. The number of rotatable bonds is 7. The molecule has 0 aromatic heterocycles.